The molecule has 2 amide bonds. The molecule has 1 atom stereocenters. The lowest BCUT2D eigenvalue weighted by molar-refractivity contribution is 0.0697. The van der Waals surface area contributed by atoms with Crippen LogP contribution in [0.3, 0.4) is 0 Å². The number of aliphatic hydroxyl groups excluding tert-OH is 1. The molecule has 1 heterocycles. The number of para-hydroxylation sites is 1. The van der Waals surface area contributed by atoms with E-state index in [2.05, 4.69) is 0 Å². The maximum Gasteiger partial charge on any atom is 0.337 e. The topological polar surface area (TPSA) is 81.1 Å². The zero-order valence-electron chi connectivity index (χ0n) is 11.3. The second-order valence-corrected chi connectivity index (χ2v) is 4.84. The van der Waals surface area contributed by atoms with Crippen LogP contribution in [0.2, 0.25) is 0 Å². The summed E-state index contributed by atoms with van der Waals surface area (Å²) in [6.45, 7) is 0.518. The number of amides is 2. The van der Waals surface area contributed by atoms with Crippen LogP contribution < -0.4 is 4.90 Å². The normalized spacial score (nSPS) is 18.1. The Morgan fingerprint density at radius 1 is 1.40 bits per heavy atom. The minimum absolute atomic E-state index is 0.0693. The Bertz CT molecular complexity index is 518. The average molecular weight is 278 g/mol. The van der Waals surface area contributed by atoms with E-state index in [1.54, 1.807) is 30.1 Å². The van der Waals surface area contributed by atoms with E-state index >= 15 is 0 Å². The van der Waals surface area contributed by atoms with E-state index in [-0.39, 0.29) is 24.2 Å². The Hall–Kier alpha value is -2.08. The average Bonchev–Trinajstić information content (AvgIpc) is 2.94. The zero-order valence-corrected chi connectivity index (χ0v) is 11.3. The first kappa shape index (κ1) is 14.3. The van der Waals surface area contributed by atoms with Crippen molar-refractivity contribution < 1.29 is 19.8 Å². The molecule has 0 aromatic heterocycles. The molecule has 2 rings (SSSR count). The van der Waals surface area contributed by atoms with Crippen LogP contribution in [0.4, 0.5) is 10.5 Å². The molecular weight excluding hydrogens is 260 g/mol. The first-order chi connectivity index (χ1) is 9.56. The number of aromatic carboxylic acids is 1. The Morgan fingerprint density at radius 3 is 2.75 bits per heavy atom. The predicted molar refractivity (Wildman–Crippen MR) is 74.0 cm³/mol. The number of carboxylic acids is 1. The van der Waals surface area contributed by atoms with Crippen molar-refractivity contribution in [2.24, 2.45) is 0 Å². The van der Waals surface area contributed by atoms with Crippen LogP contribution in [-0.4, -0.2) is 53.4 Å². The van der Waals surface area contributed by atoms with Crippen molar-refractivity contribution in [3.8, 4) is 0 Å². The molecule has 0 bridgehead atoms. The van der Waals surface area contributed by atoms with Crippen molar-refractivity contribution in [2.75, 3.05) is 25.1 Å². The van der Waals surface area contributed by atoms with E-state index in [0.29, 0.717) is 12.2 Å². The molecular formula is C14H18N2O4. The van der Waals surface area contributed by atoms with E-state index < -0.39 is 5.97 Å². The van der Waals surface area contributed by atoms with Crippen molar-refractivity contribution >= 4 is 17.7 Å². The maximum absolute atomic E-state index is 12.4. The number of urea groups is 1. The van der Waals surface area contributed by atoms with Gasteiger partial charge in [0.15, 0.2) is 0 Å². The predicted octanol–water partition coefficient (Wildman–Crippen LogP) is 1.40. The van der Waals surface area contributed by atoms with Crippen molar-refractivity contribution in [3.63, 3.8) is 0 Å². The van der Waals surface area contributed by atoms with Crippen LogP contribution >= 0.6 is 0 Å². The molecule has 108 valence electrons. The van der Waals surface area contributed by atoms with E-state index in [1.165, 1.54) is 11.0 Å². The summed E-state index contributed by atoms with van der Waals surface area (Å²) in [6.07, 6.45) is 1.63. The van der Waals surface area contributed by atoms with Crippen molar-refractivity contribution in [3.05, 3.63) is 29.8 Å². The lowest BCUT2D eigenvalue weighted by Gasteiger charge is -2.29. The van der Waals surface area contributed by atoms with Gasteiger partial charge in [0.25, 0.3) is 0 Å². The van der Waals surface area contributed by atoms with Gasteiger partial charge in [0, 0.05) is 13.6 Å². The summed E-state index contributed by atoms with van der Waals surface area (Å²) < 4.78 is 0. The van der Waals surface area contributed by atoms with Gasteiger partial charge in [-0.05, 0) is 25.0 Å². The number of carboxylic acid groups (broad SMARTS) is 1. The highest BCUT2D eigenvalue weighted by molar-refractivity contribution is 6.01. The molecule has 6 heteroatoms. The van der Waals surface area contributed by atoms with Crippen LogP contribution in [0.5, 0.6) is 0 Å². The van der Waals surface area contributed by atoms with Crippen LogP contribution in [0, 0.1) is 0 Å². The molecule has 0 saturated carbocycles. The molecule has 20 heavy (non-hydrogen) atoms. The van der Waals surface area contributed by atoms with Crippen molar-refractivity contribution in [1.82, 2.24) is 4.90 Å². The summed E-state index contributed by atoms with van der Waals surface area (Å²) in [5, 5.41) is 18.4. The second-order valence-electron chi connectivity index (χ2n) is 4.84. The molecule has 6 nitrogen and oxygen atoms in total. The monoisotopic (exact) mass is 278 g/mol. The summed E-state index contributed by atoms with van der Waals surface area (Å²) in [5.74, 6) is -1.07. The van der Waals surface area contributed by atoms with Crippen LogP contribution in [-0.2, 0) is 0 Å². The third-order valence-electron chi connectivity index (χ3n) is 3.62. The molecule has 1 unspecified atom stereocenters. The van der Waals surface area contributed by atoms with Crippen LogP contribution in [0.15, 0.2) is 24.3 Å². The first-order valence-electron chi connectivity index (χ1n) is 6.53. The van der Waals surface area contributed by atoms with Crippen molar-refractivity contribution in [2.45, 2.75) is 18.9 Å². The van der Waals surface area contributed by atoms with Gasteiger partial charge in [-0.2, -0.15) is 0 Å². The largest absolute Gasteiger partial charge is 0.478 e. The van der Waals surface area contributed by atoms with E-state index in [0.717, 1.165) is 12.8 Å². The number of likely N-dealkylation sites (tertiary alicyclic amines) is 1. The molecule has 1 aromatic carbocycles. The number of carbonyl (C=O) groups excluding carboxylic acids is 1. The van der Waals surface area contributed by atoms with Crippen LogP contribution in [0.1, 0.15) is 23.2 Å². The summed E-state index contributed by atoms with van der Waals surface area (Å²) >= 11 is 0. The third kappa shape index (κ3) is 2.60. The number of hydrogen-bond acceptors (Lipinski definition) is 3. The highest BCUT2D eigenvalue weighted by Crippen LogP contribution is 2.24. The number of carbonyl (C=O) groups is 2. The molecule has 1 aromatic rings. The number of aliphatic hydroxyl groups is 1. The highest BCUT2D eigenvalue weighted by atomic mass is 16.4. The minimum Gasteiger partial charge on any atom is -0.478 e. The first-order valence-corrected chi connectivity index (χ1v) is 6.53. The lowest BCUT2D eigenvalue weighted by atomic mass is 10.1. The van der Waals surface area contributed by atoms with Gasteiger partial charge in [-0.25, -0.2) is 9.59 Å². The summed E-state index contributed by atoms with van der Waals surface area (Å²) in [6, 6.07) is 5.93. The number of anilines is 1. The van der Waals surface area contributed by atoms with E-state index in [9.17, 15) is 14.7 Å². The van der Waals surface area contributed by atoms with Gasteiger partial charge in [0.05, 0.1) is 23.9 Å². The number of rotatable bonds is 3. The summed E-state index contributed by atoms with van der Waals surface area (Å²) in [5.41, 5.74) is 0.441. The SMILES string of the molecule is CN(C(=O)N1CCCC1CO)c1ccccc1C(=O)O. The molecule has 1 aliphatic heterocycles. The Kier molecular flexibility index (Phi) is 4.24. The van der Waals surface area contributed by atoms with E-state index in [1.807, 2.05) is 0 Å². The minimum atomic E-state index is -1.07. The number of nitrogens with zero attached hydrogens (tertiary/aromatic N) is 2. The second kappa shape index (κ2) is 5.92. The standard InChI is InChI=1S/C14H18N2O4/c1-15(12-7-3-2-6-11(12)13(18)19)14(20)16-8-4-5-10(16)9-17/h2-3,6-7,10,17H,4-5,8-9H2,1H3,(H,18,19). The summed E-state index contributed by atoms with van der Waals surface area (Å²) in [7, 11) is 1.55. The van der Waals surface area contributed by atoms with Gasteiger partial charge in [-0.15, -0.1) is 0 Å². The fourth-order valence-electron chi connectivity index (χ4n) is 2.52. The van der Waals surface area contributed by atoms with Crippen molar-refractivity contribution in [1.29, 1.82) is 0 Å². The fourth-order valence-corrected chi connectivity index (χ4v) is 2.52. The summed E-state index contributed by atoms with van der Waals surface area (Å²) in [4.78, 5) is 26.6. The lowest BCUT2D eigenvalue weighted by Crippen LogP contribution is -2.45. The van der Waals surface area contributed by atoms with Gasteiger partial charge < -0.3 is 15.1 Å². The van der Waals surface area contributed by atoms with Gasteiger partial charge in [0.1, 0.15) is 0 Å². The Labute approximate surface area is 117 Å². The van der Waals surface area contributed by atoms with Gasteiger partial charge >= 0.3 is 12.0 Å². The highest BCUT2D eigenvalue weighted by Gasteiger charge is 2.31. The smallest absolute Gasteiger partial charge is 0.337 e. The molecule has 0 radical (unpaired) electrons. The van der Waals surface area contributed by atoms with Gasteiger partial charge in [-0.1, -0.05) is 12.1 Å². The van der Waals surface area contributed by atoms with Crippen LogP contribution in [0.25, 0.3) is 0 Å². The third-order valence-corrected chi connectivity index (χ3v) is 3.62. The fraction of sp³-hybridized carbons (Fsp3) is 0.429. The number of benzene rings is 1. The quantitative estimate of drug-likeness (QED) is 0.875. The Balaban J connectivity index is 2.25. The molecule has 1 saturated heterocycles. The molecule has 2 N–H and O–H groups in total. The molecule has 1 fully saturated rings. The van der Waals surface area contributed by atoms with E-state index in [4.69, 9.17) is 5.11 Å². The number of hydrogen-bond donors (Lipinski definition) is 2. The molecule has 0 aliphatic carbocycles. The maximum atomic E-state index is 12.4. The van der Waals surface area contributed by atoms with Gasteiger partial charge in [-0.3, -0.25) is 4.90 Å². The molecule has 1 aliphatic rings. The molecule has 0 spiro atoms. The zero-order chi connectivity index (χ0) is 14.7. The van der Waals surface area contributed by atoms with Gasteiger partial charge in [0.2, 0.25) is 0 Å². The Morgan fingerprint density at radius 2 is 2.10 bits per heavy atom.